The van der Waals surface area contributed by atoms with E-state index >= 15 is 0 Å². The number of ether oxygens (including phenoxy) is 1. The van der Waals surface area contributed by atoms with Crippen LogP contribution >= 0.6 is 0 Å². The molecule has 3 aromatic rings. The van der Waals surface area contributed by atoms with Gasteiger partial charge in [0.25, 0.3) is 0 Å². The highest BCUT2D eigenvalue weighted by Crippen LogP contribution is 2.24. The number of nitrogens with one attached hydrogen (secondary N) is 2. The minimum Gasteiger partial charge on any atom is -0.449 e. The third-order valence-electron chi connectivity index (χ3n) is 5.39. The molecule has 0 aliphatic carbocycles. The molecule has 0 saturated carbocycles. The predicted molar refractivity (Wildman–Crippen MR) is 122 cm³/mol. The lowest BCUT2D eigenvalue weighted by molar-refractivity contribution is 0.147. The third kappa shape index (κ3) is 5.32. The Bertz CT molecular complexity index is 1040. The second kappa shape index (κ2) is 9.34. The van der Waals surface area contributed by atoms with E-state index in [1.165, 1.54) is 0 Å². The molecule has 0 unspecified atom stereocenters. The SMILES string of the molecule is CC(C)COC(=O)Nc1cccc(-c2cnc3ccc(NC4CCN(C)CC4)nn23)c1. The number of nitrogens with zero attached hydrogens (tertiary/aromatic N) is 4. The molecule has 0 spiro atoms. The van der Waals surface area contributed by atoms with Crippen LogP contribution in [0.15, 0.2) is 42.6 Å². The number of aromatic nitrogens is 3. The Balaban J connectivity index is 1.52. The highest BCUT2D eigenvalue weighted by Gasteiger charge is 2.17. The normalized spacial score (nSPS) is 15.4. The van der Waals surface area contributed by atoms with E-state index in [2.05, 4.69) is 27.6 Å². The molecule has 0 radical (unpaired) electrons. The first kappa shape index (κ1) is 21.1. The largest absolute Gasteiger partial charge is 0.449 e. The summed E-state index contributed by atoms with van der Waals surface area (Å²) in [5.41, 5.74) is 3.22. The number of anilines is 2. The zero-order valence-corrected chi connectivity index (χ0v) is 18.3. The Hall–Kier alpha value is -3.13. The van der Waals surface area contributed by atoms with Crippen LogP contribution in [0.5, 0.6) is 0 Å². The second-order valence-electron chi connectivity index (χ2n) is 8.55. The van der Waals surface area contributed by atoms with Gasteiger partial charge in [0, 0.05) is 17.3 Å². The smallest absolute Gasteiger partial charge is 0.411 e. The van der Waals surface area contributed by atoms with Crippen LogP contribution in [0, 0.1) is 5.92 Å². The first-order valence-corrected chi connectivity index (χ1v) is 10.8. The van der Waals surface area contributed by atoms with Crippen molar-refractivity contribution in [2.75, 3.05) is 37.4 Å². The number of fused-ring (bicyclic) bond motifs is 1. The van der Waals surface area contributed by atoms with E-state index < -0.39 is 6.09 Å². The summed E-state index contributed by atoms with van der Waals surface area (Å²) in [6.45, 7) is 6.57. The summed E-state index contributed by atoms with van der Waals surface area (Å²) in [6.07, 6.45) is 3.56. The van der Waals surface area contributed by atoms with Crippen LogP contribution < -0.4 is 10.6 Å². The Labute approximate surface area is 182 Å². The number of amides is 1. The molecule has 8 heteroatoms. The van der Waals surface area contributed by atoms with Crippen molar-refractivity contribution in [2.24, 2.45) is 5.92 Å². The molecule has 164 valence electrons. The summed E-state index contributed by atoms with van der Waals surface area (Å²) in [5, 5.41) is 11.1. The predicted octanol–water partition coefficient (Wildman–Crippen LogP) is 4.11. The average molecular weight is 423 g/mol. The molecule has 8 nitrogen and oxygen atoms in total. The van der Waals surface area contributed by atoms with Crippen molar-refractivity contribution in [3.8, 4) is 11.3 Å². The van der Waals surface area contributed by atoms with E-state index in [0.717, 1.165) is 48.7 Å². The van der Waals surface area contributed by atoms with Crippen molar-refractivity contribution in [3.63, 3.8) is 0 Å². The van der Waals surface area contributed by atoms with Crippen LogP contribution in [-0.2, 0) is 4.74 Å². The maximum atomic E-state index is 12.0. The average Bonchev–Trinajstić information content (AvgIpc) is 3.17. The van der Waals surface area contributed by atoms with E-state index in [-0.39, 0.29) is 0 Å². The number of benzene rings is 1. The lowest BCUT2D eigenvalue weighted by atomic mass is 10.1. The summed E-state index contributed by atoms with van der Waals surface area (Å²) in [6, 6.07) is 12.0. The second-order valence-corrected chi connectivity index (χ2v) is 8.55. The molecular weight excluding hydrogens is 392 g/mol. The van der Waals surface area contributed by atoms with Gasteiger partial charge in [0.2, 0.25) is 0 Å². The van der Waals surface area contributed by atoms with Crippen LogP contribution in [0.25, 0.3) is 16.9 Å². The van der Waals surface area contributed by atoms with Crippen molar-refractivity contribution in [1.29, 1.82) is 0 Å². The van der Waals surface area contributed by atoms with Crippen LogP contribution in [0.2, 0.25) is 0 Å². The zero-order valence-electron chi connectivity index (χ0n) is 18.3. The van der Waals surface area contributed by atoms with Gasteiger partial charge in [-0.05, 0) is 63.2 Å². The van der Waals surface area contributed by atoms with Crippen molar-refractivity contribution in [1.82, 2.24) is 19.5 Å². The number of hydrogen-bond donors (Lipinski definition) is 2. The van der Waals surface area contributed by atoms with E-state index in [4.69, 9.17) is 9.84 Å². The minimum absolute atomic E-state index is 0.290. The Kier molecular flexibility index (Phi) is 6.36. The molecule has 1 amide bonds. The van der Waals surface area contributed by atoms with Crippen molar-refractivity contribution in [2.45, 2.75) is 32.7 Å². The molecule has 0 atom stereocenters. The third-order valence-corrected chi connectivity index (χ3v) is 5.39. The van der Waals surface area contributed by atoms with Crippen molar-refractivity contribution >= 4 is 23.2 Å². The van der Waals surface area contributed by atoms with Gasteiger partial charge in [-0.15, -0.1) is 5.10 Å². The van der Waals surface area contributed by atoms with Gasteiger partial charge in [0.1, 0.15) is 5.82 Å². The van der Waals surface area contributed by atoms with Crippen LogP contribution in [0.1, 0.15) is 26.7 Å². The molecule has 2 aromatic heterocycles. The van der Waals surface area contributed by atoms with Gasteiger partial charge in [0.15, 0.2) is 5.65 Å². The van der Waals surface area contributed by atoms with Gasteiger partial charge in [-0.1, -0.05) is 26.0 Å². The fourth-order valence-corrected chi connectivity index (χ4v) is 3.66. The van der Waals surface area contributed by atoms with Crippen LogP contribution in [-0.4, -0.2) is 58.4 Å². The van der Waals surface area contributed by atoms with Gasteiger partial charge >= 0.3 is 6.09 Å². The number of likely N-dealkylation sites (tertiary alicyclic amines) is 1. The molecule has 1 saturated heterocycles. The summed E-state index contributed by atoms with van der Waals surface area (Å²) < 4.78 is 7.05. The quantitative estimate of drug-likeness (QED) is 0.622. The van der Waals surface area contributed by atoms with Gasteiger partial charge in [0.05, 0.1) is 18.5 Å². The van der Waals surface area contributed by atoms with E-state index in [1.807, 2.05) is 54.8 Å². The zero-order chi connectivity index (χ0) is 21.8. The van der Waals surface area contributed by atoms with E-state index in [1.54, 1.807) is 6.20 Å². The number of carbonyl (C=O) groups is 1. The fraction of sp³-hybridized carbons (Fsp3) is 0.435. The van der Waals surface area contributed by atoms with E-state index in [0.29, 0.717) is 24.3 Å². The van der Waals surface area contributed by atoms with Gasteiger partial charge in [-0.2, -0.15) is 0 Å². The number of piperidine rings is 1. The molecule has 1 aliphatic heterocycles. The van der Waals surface area contributed by atoms with Crippen LogP contribution in [0.4, 0.5) is 16.3 Å². The molecule has 1 aliphatic rings. The number of hydrogen-bond acceptors (Lipinski definition) is 6. The molecule has 4 rings (SSSR count). The lowest BCUT2D eigenvalue weighted by Gasteiger charge is -2.29. The molecule has 0 bridgehead atoms. The summed E-state index contributed by atoms with van der Waals surface area (Å²) in [5.74, 6) is 1.13. The topological polar surface area (TPSA) is 83.8 Å². The number of imidazole rings is 1. The van der Waals surface area contributed by atoms with Crippen LogP contribution in [0.3, 0.4) is 0 Å². The Morgan fingerprint density at radius 1 is 1.23 bits per heavy atom. The maximum absolute atomic E-state index is 12.0. The number of carbonyl (C=O) groups excluding carboxylic acids is 1. The van der Waals surface area contributed by atoms with Crippen molar-refractivity contribution < 1.29 is 9.53 Å². The Morgan fingerprint density at radius 3 is 2.81 bits per heavy atom. The summed E-state index contributed by atoms with van der Waals surface area (Å²) in [4.78, 5) is 18.8. The van der Waals surface area contributed by atoms with Gasteiger partial charge in [-0.3, -0.25) is 5.32 Å². The highest BCUT2D eigenvalue weighted by atomic mass is 16.5. The molecule has 3 heterocycles. The lowest BCUT2D eigenvalue weighted by Crippen LogP contribution is -2.36. The maximum Gasteiger partial charge on any atom is 0.411 e. The molecule has 31 heavy (non-hydrogen) atoms. The molecule has 1 aromatic carbocycles. The highest BCUT2D eigenvalue weighted by molar-refractivity contribution is 5.85. The standard InChI is InChI=1S/C23H30N6O2/c1-16(2)15-31-23(30)26-19-6-4-5-17(13-19)20-14-24-22-8-7-21(27-29(20)22)25-18-9-11-28(3)12-10-18/h4-8,13-14,16,18H,9-12,15H2,1-3H3,(H,25,27)(H,26,30). The van der Waals surface area contributed by atoms with Crippen molar-refractivity contribution in [3.05, 3.63) is 42.6 Å². The minimum atomic E-state index is -0.452. The summed E-state index contributed by atoms with van der Waals surface area (Å²) in [7, 11) is 2.16. The summed E-state index contributed by atoms with van der Waals surface area (Å²) >= 11 is 0. The molecule has 2 N–H and O–H groups in total. The molecular formula is C23H30N6O2. The first-order valence-electron chi connectivity index (χ1n) is 10.8. The fourth-order valence-electron chi connectivity index (χ4n) is 3.66. The first-order chi connectivity index (χ1) is 15.0. The monoisotopic (exact) mass is 422 g/mol. The Morgan fingerprint density at radius 2 is 2.03 bits per heavy atom. The van der Waals surface area contributed by atoms with Gasteiger partial charge in [-0.25, -0.2) is 14.3 Å². The number of rotatable bonds is 6. The molecule has 1 fully saturated rings. The van der Waals surface area contributed by atoms with E-state index in [9.17, 15) is 4.79 Å². The van der Waals surface area contributed by atoms with Gasteiger partial charge < -0.3 is 15.0 Å².